The number of rotatable bonds is 1. The SMILES string of the molecule is O=C(O)c1cc(F)c2ccoc2c1F. The highest BCUT2D eigenvalue weighted by molar-refractivity contribution is 5.93. The molecule has 1 aromatic heterocycles. The van der Waals surface area contributed by atoms with Crippen LogP contribution in [0.2, 0.25) is 0 Å². The van der Waals surface area contributed by atoms with Gasteiger partial charge in [-0.1, -0.05) is 0 Å². The summed E-state index contributed by atoms with van der Waals surface area (Å²) in [6.07, 6.45) is 1.10. The molecule has 1 N–H and O–H groups in total. The van der Waals surface area contributed by atoms with Crippen molar-refractivity contribution in [3.8, 4) is 0 Å². The van der Waals surface area contributed by atoms with Crippen molar-refractivity contribution in [2.24, 2.45) is 0 Å². The van der Waals surface area contributed by atoms with Crippen LogP contribution in [0.15, 0.2) is 22.8 Å². The maximum absolute atomic E-state index is 13.3. The first-order chi connectivity index (χ1) is 6.61. The molecule has 3 nitrogen and oxygen atoms in total. The molecule has 2 aromatic rings. The quantitative estimate of drug-likeness (QED) is 0.765. The van der Waals surface area contributed by atoms with Crippen LogP contribution in [-0.2, 0) is 0 Å². The number of carbonyl (C=O) groups is 1. The summed E-state index contributed by atoms with van der Waals surface area (Å²) < 4.78 is 31.1. The van der Waals surface area contributed by atoms with E-state index in [9.17, 15) is 13.6 Å². The van der Waals surface area contributed by atoms with Crippen LogP contribution in [0.1, 0.15) is 10.4 Å². The van der Waals surface area contributed by atoms with Gasteiger partial charge in [0.1, 0.15) is 11.4 Å². The smallest absolute Gasteiger partial charge is 0.338 e. The molecule has 0 aliphatic heterocycles. The van der Waals surface area contributed by atoms with Crippen LogP contribution in [0.25, 0.3) is 11.0 Å². The molecule has 0 atom stereocenters. The van der Waals surface area contributed by atoms with E-state index >= 15 is 0 Å². The Kier molecular flexibility index (Phi) is 1.73. The van der Waals surface area contributed by atoms with Crippen molar-refractivity contribution in [1.29, 1.82) is 0 Å². The molecule has 2 rings (SSSR count). The molecule has 0 amide bonds. The lowest BCUT2D eigenvalue weighted by atomic mass is 10.1. The van der Waals surface area contributed by atoms with Crippen molar-refractivity contribution in [1.82, 2.24) is 0 Å². The van der Waals surface area contributed by atoms with Crippen molar-refractivity contribution < 1.29 is 23.1 Å². The van der Waals surface area contributed by atoms with Gasteiger partial charge >= 0.3 is 5.97 Å². The fourth-order valence-corrected chi connectivity index (χ4v) is 1.21. The zero-order chi connectivity index (χ0) is 10.3. The van der Waals surface area contributed by atoms with Gasteiger partial charge in [0.2, 0.25) is 0 Å². The zero-order valence-corrected chi connectivity index (χ0v) is 6.75. The molecule has 0 radical (unpaired) electrons. The maximum Gasteiger partial charge on any atom is 0.338 e. The standard InChI is InChI=1S/C9H4F2O3/c10-6-3-5(9(12)13)7(11)8-4(6)1-2-14-8/h1-3H,(H,12,13). The Labute approximate surface area is 76.6 Å². The van der Waals surface area contributed by atoms with Gasteiger partial charge in [-0.15, -0.1) is 0 Å². The average Bonchev–Trinajstić information content (AvgIpc) is 2.59. The van der Waals surface area contributed by atoms with Crippen LogP contribution in [0.4, 0.5) is 8.78 Å². The van der Waals surface area contributed by atoms with Gasteiger partial charge in [-0.3, -0.25) is 0 Å². The summed E-state index contributed by atoms with van der Waals surface area (Å²) in [4.78, 5) is 10.5. The third-order valence-corrected chi connectivity index (χ3v) is 1.86. The van der Waals surface area contributed by atoms with E-state index in [1.54, 1.807) is 0 Å². The van der Waals surface area contributed by atoms with E-state index in [-0.39, 0.29) is 11.0 Å². The lowest BCUT2D eigenvalue weighted by Crippen LogP contribution is -2.01. The van der Waals surface area contributed by atoms with Crippen molar-refractivity contribution in [2.45, 2.75) is 0 Å². The van der Waals surface area contributed by atoms with Gasteiger partial charge in [0.25, 0.3) is 0 Å². The molecular weight excluding hydrogens is 194 g/mol. The first-order valence-corrected chi connectivity index (χ1v) is 3.69. The summed E-state index contributed by atoms with van der Waals surface area (Å²) in [5.74, 6) is -3.40. The topological polar surface area (TPSA) is 50.4 Å². The largest absolute Gasteiger partial charge is 0.478 e. The monoisotopic (exact) mass is 198 g/mol. The van der Waals surface area contributed by atoms with Gasteiger partial charge in [-0.25, -0.2) is 13.6 Å². The van der Waals surface area contributed by atoms with Crippen LogP contribution in [-0.4, -0.2) is 11.1 Å². The predicted molar refractivity (Wildman–Crippen MR) is 43.1 cm³/mol. The second-order valence-corrected chi connectivity index (χ2v) is 2.69. The highest BCUT2D eigenvalue weighted by Gasteiger charge is 2.18. The summed E-state index contributed by atoms with van der Waals surface area (Å²) in [6.45, 7) is 0. The third-order valence-electron chi connectivity index (χ3n) is 1.86. The van der Waals surface area contributed by atoms with Crippen LogP contribution >= 0.6 is 0 Å². The number of furan rings is 1. The minimum Gasteiger partial charge on any atom is -0.478 e. The Morgan fingerprint density at radius 3 is 2.79 bits per heavy atom. The number of hydrogen-bond donors (Lipinski definition) is 1. The van der Waals surface area contributed by atoms with Gasteiger partial charge in [0.05, 0.1) is 11.6 Å². The second kappa shape index (κ2) is 2.80. The molecule has 0 saturated heterocycles. The summed E-state index contributed by atoms with van der Waals surface area (Å²) in [6, 6.07) is 1.87. The molecule has 0 spiro atoms. The maximum atomic E-state index is 13.3. The van der Waals surface area contributed by atoms with Gasteiger partial charge in [0.15, 0.2) is 11.4 Å². The van der Waals surface area contributed by atoms with E-state index < -0.39 is 23.2 Å². The molecule has 0 bridgehead atoms. The average molecular weight is 198 g/mol. The van der Waals surface area contributed by atoms with E-state index in [4.69, 9.17) is 5.11 Å². The summed E-state index contributed by atoms with van der Waals surface area (Å²) in [5.41, 5.74) is -1.10. The molecule has 0 aliphatic carbocycles. The fourth-order valence-electron chi connectivity index (χ4n) is 1.21. The van der Waals surface area contributed by atoms with Crippen LogP contribution in [0.5, 0.6) is 0 Å². The third kappa shape index (κ3) is 1.06. The van der Waals surface area contributed by atoms with E-state index in [1.165, 1.54) is 6.07 Å². The zero-order valence-electron chi connectivity index (χ0n) is 6.75. The first-order valence-electron chi connectivity index (χ1n) is 3.69. The number of halogens is 2. The number of aromatic carboxylic acids is 1. The lowest BCUT2D eigenvalue weighted by Gasteiger charge is -1.98. The molecule has 5 heteroatoms. The molecule has 72 valence electrons. The molecular formula is C9H4F2O3. The normalized spacial score (nSPS) is 10.7. The number of carboxylic acid groups (broad SMARTS) is 1. The van der Waals surface area contributed by atoms with Crippen LogP contribution < -0.4 is 0 Å². The molecule has 0 fully saturated rings. The van der Waals surface area contributed by atoms with Gasteiger partial charge in [-0.05, 0) is 12.1 Å². The van der Waals surface area contributed by atoms with Crippen molar-refractivity contribution in [2.75, 3.05) is 0 Å². The van der Waals surface area contributed by atoms with Crippen molar-refractivity contribution >= 4 is 16.9 Å². The van der Waals surface area contributed by atoms with Crippen molar-refractivity contribution in [3.63, 3.8) is 0 Å². The molecule has 1 aromatic carbocycles. The molecule has 0 unspecified atom stereocenters. The highest BCUT2D eigenvalue weighted by atomic mass is 19.1. The number of fused-ring (bicyclic) bond motifs is 1. The number of carboxylic acids is 1. The van der Waals surface area contributed by atoms with Crippen LogP contribution in [0, 0.1) is 11.6 Å². The van der Waals surface area contributed by atoms with Gasteiger partial charge in [0, 0.05) is 0 Å². The Morgan fingerprint density at radius 1 is 1.43 bits per heavy atom. The highest BCUT2D eigenvalue weighted by Crippen LogP contribution is 2.25. The fraction of sp³-hybridized carbons (Fsp3) is 0. The van der Waals surface area contributed by atoms with E-state index in [0.29, 0.717) is 6.07 Å². The second-order valence-electron chi connectivity index (χ2n) is 2.69. The van der Waals surface area contributed by atoms with E-state index in [0.717, 1.165) is 6.26 Å². The predicted octanol–water partition coefficient (Wildman–Crippen LogP) is 2.41. The summed E-state index contributed by atoms with van der Waals surface area (Å²) in [5, 5.41) is 8.48. The Balaban J connectivity index is 2.88. The lowest BCUT2D eigenvalue weighted by molar-refractivity contribution is 0.0691. The molecule has 0 aliphatic rings. The van der Waals surface area contributed by atoms with Gasteiger partial charge < -0.3 is 9.52 Å². The summed E-state index contributed by atoms with van der Waals surface area (Å²) >= 11 is 0. The van der Waals surface area contributed by atoms with E-state index in [1.807, 2.05) is 0 Å². The number of hydrogen-bond acceptors (Lipinski definition) is 2. The first kappa shape index (κ1) is 8.68. The minimum atomic E-state index is -1.53. The Bertz CT molecular complexity index is 516. The van der Waals surface area contributed by atoms with Gasteiger partial charge in [-0.2, -0.15) is 0 Å². The Morgan fingerprint density at radius 2 is 2.14 bits per heavy atom. The summed E-state index contributed by atoms with van der Waals surface area (Å²) in [7, 11) is 0. The minimum absolute atomic E-state index is 0.0625. The Hall–Kier alpha value is -1.91. The van der Waals surface area contributed by atoms with Crippen molar-refractivity contribution in [3.05, 3.63) is 35.6 Å². The molecule has 14 heavy (non-hydrogen) atoms. The van der Waals surface area contributed by atoms with Crippen LogP contribution in [0.3, 0.4) is 0 Å². The molecule has 0 saturated carbocycles. The number of benzene rings is 1. The molecule has 1 heterocycles. The van der Waals surface area contributed by atoms with E-state index in [2.05, 4.69) is 4.42 Å².